The molecule has 1 unspecified atom stereocenters. The fourth-order valence-electron chi connectivity index (χ4n) is 1.41. The lowest BCUT2D eigenvalue weighted by atomic mass is 10.3. The fraction of sp³-hybridized carbons (Fsp3) is 0.727. The first-order chi connectivity index (χ1) is 7.84. The molecular formula is C11H18N2O2S. The molecule has 90 valence electrons. The van der Waals surface area contributed by atoms with E-state index in [-0.39, 0.29) is 0 Å². The van der Waals surface area contributed by atoms with Crippen molar-refractivity contribution in [2.75, 3.05) is 19.8 Å². The van der Waals surface area contributed by atoms with E-state index in [1.807, 2.05) is 11.7 Å². The maximum atomic E-state index is 9.61. The van der Waals surface area contributed by atoms with E-state index >= 15 is 0 Å². The highest BCUT2D eigenvalue weighted by Crippen LogP contribution is 2.28. The average Bonchev–Trinajstić information content (AvgIpc) is 2.94. The highest BCUT2D eigenvalue weighted by Gasteiger charge is 2.21. The van der Waals surface area contributed by atoms with Gasteiger partial charge in [0, 0.05) is 30.8 Å². The molecule has 1 atom stereocenters. The van der Waals surface area contributed by atoms with Crippen LogP contribution in [0.1, 0.15) is 17.7 Å². The number of aromatic nitrogens is 1. The molecule has 0 amide bonds. The van der Waals surface area contributed by atoms with Crippen LogP contribution in [-0.4, -0.2) is 36.0 Å². The van der Waals surface area contributed by atoms with Gasteiger partial charge in [0.25, 0.3) is 0 Å². The first kappa shape index (κ1) is 12.0. The zero-order valence-electron chi connectivity index (χ0n) is 9.26. The summed E-state index contributed by atoms with van der Waals surface area (Å²) in [4.78, 5) is 5.17. The molecule has 5 heteroatoms. The molecule has 1 fully saturated rings. The second-order valence-electron chi connectivity index (χ2n) is 4.23. The smallest absolute Gasteiger partial charge is 0.0897 e. The Morgan fingerprint density at radius 2 is 2.50 bits per heavy atom. The summed E-state index contributed by atoms with van der Waals surface area (Å²) in [6.07, 6.45) is 4.01. The molecule has 0 bridgehead atoms. The molecule has 4 nitrogen and oxygen atoms in total. The van der Waals surface area contributed by atoms with E-state index in [0.717, 1.165) is 19.1 Å². The zero-order valence-corrected chi connectivity index (χ0v) is 10.1. The number of thiazole rings is 1. The molecule has 0 aromatic carbocycles. The molecule has 0 radical (unpaired) electrons. The van der Waals surface area contributed by atoms with Crippen LogP contribution in [0.3, 0.4) is 0 Å². The maximum Gasteiger partial charge on any atom is 0.0897 e. The van der Waals surface area contributed by atoms with Crippen molar-refractivity contribution >= 4 is 11.3 Å². The summed E-state index contributed by atoms with van der Waals surface area (Å²) in [5.41, 5.74) is 1.81. The van der Waals surface area contributed by atoms with Crippen molar-refractivity contribution in [2.24, 2.45) is 5.92 Å². The lowest BCUT2D eigenvalue weighted by Crippen LogP contribution is -2.30. The number of aliphatic hydroxyl groups excluding tert-OH is 1. The Kier molecular flexibility index (Phi) is 4.71. The third-order valence-corrected chi connectivity index (χ3v) is 3.30. The van der Waals surface area contributed by atoms with Crippen molar-refractivity contribution in [1.82, 2.24) is 10.3 Å². The lowest BCUT2D eigenvalue weighted by Gasteiger charge is -2.11. The van der Waals surface area contributed by atoms with Crippen molar-refractivity contribution in [3.05, 3.63) is 16.6 Å². The second kappa shape index (κ2) is 6.30. The Morgan fingerprint density at radius 1 is 1.62 bits per heavy atom. The third-order valence-electron chi connectivity index (χ3n) is 2.52. The van der Waals surface area contributed by atoms with Crippen molar-refractivity contribution in [3.63, 3.8) is 0 Å². The number of aliphatic hydroxyl groups is 1. The zero-order chi connectivity index (χ0) is 11.2. The Hall–Kier alpha value is -0.490. The highest BCUT2D eigenvalue weighted by atomic mass is 32.1. The SMILES string of the molecule is OC(CNCc1cncs1)COCC1CC1. The van der Waals surface area contributed by atoms with Gasteiger partial charge >= 0.3 is 0 Å². The summed E-state index contributed by atoms with van der Waals surface area (Å²) in [5.74, 6) is 0.761. The molecule has 0 spiro atoms. The van der Waals surface area contributed by atoms with Gasteiger partial charge in [-0.25, -0.2) is 0 Å². The van der Waals surface area contributed by atoms with Gasteiger partial charge in [0.1, 0.15) is 0 Å². The van der Waals surface area contributed by atoms with Crippen LogP contribution < -0.4 is 5.32 Å². The molecule has 1 aromatic heterocycles. The van der Waals surface area contributed by atoms with E-state index in [1.54, 1.807) is 11.3 Å². The van der Waals surface area contributed by atoms with Gasteiger partial charge in [0.2, 0.25) is 0 Å². The Bertz CT molecular complexity index is 288. The van der Waals surface area contributed by atoms with Crippen LogP contribution in [0.2, 0.25) is 0 Å². The van der Waals surface area contributed by atoms with E-state index in [4.69, 9.17) is 4.74 Å². The molecule has 1 saturated carbocycles. The van der Waals surface area contributed by atoms with Crippen molar-refractivity contribution in [3.8, 4) is 0 Å². The van der Waals surface area contributed by atoms with Crippen molar-refractivity contribution in [2.45, 2.75) is 25.5 Å². The quantitative estimate of drug-likeness (QED) is 0.714. The van der Waals surface area contributed by atoms with Gasteiger partial charge in [-0.3, -0.25) is 4.98 Å². The molecule has 0 aliphatic heterocycles. The first-order valence-electron chi connectivity index (χ1n) is 5.68. The summed E-state index contributed by atoms with van der Waals surface area (Å²) < 4.78 is 5.41. The van der Waals surface area contributed by atoms with E-state index in [9.17, 15) is 5.11 Å². The number of nitrogens with one attached hydrogen (secondary N) is 1. The normalized spacial score (nSPS) is 17.6. The fourth-order valence-corrected chi connectivity index (χ4v) is 1.97. The third kappa shape index (κ3) is 4.57. The minimum Gasteiger partial charge on any atom is -0.389 e. The van der Waals surface area contributed by atoms with Crippen molar-refractivity contribution in [1.29, 1.82) is 0 Å². The minimum atomic E-state index is -0.410. The summed E-state index contributed by atoms with van der Waals surface area (Å²) in [5, 5.41) is 12.8. The van der Waals surface area contributed by atoms with Gasteiger partial charge in [-0.1, -0.05) is 0 Å². The summed E-state index contributed by atoms with van der Waals surface area (Å²) >= 11 is 1.62. The maximum absolute atomic E-state index is 9.61. The van der Waals surface area contributed by atoms with Gasteiger partial charge in [-0.05, 0) is 18.8 Å². The molecule has 1 aliphatic rings. The van der Waals surface area contributed by atoms with Crippen LogP contribution >= 0.6 is 11.3 Å². The summed E-state index contributed by atoms with van der Waals surface area (Å²) in [7, 11) is 0. The molecule has 0 saturated heterocycles. The monoisotopic (exact) mass is 242 g/mol. The number of rotatable bonds is 8. The van der Waals surface area contributed by atoms with Gasteiger partial charge in [-0.2, -0.15) is 0 Å². The average molecular weight is 242 g/mol. The van der Waals surface area contributed by atoms with Crippen LogP contribution in [0.25, 0.3) is 0 Å². The Labute approximate surface area is 99.7 Å². The molecule has 1 aliphatic carbocycles. The molecule has 1 heterocycles. The van der Waals surface area contributed by atoms with Gasteiger partial charge in [0.15, 0.2) is 0 Å². The molecular weight excluding hydrogens is 224 g/mol. The van der Waals surface area contributed by atoms with Gasteiger partial charge in [0.05, 0.1) is 18.2 Å². The molecule has 2 N–H and O–H groups in total. The minimum absolute atomic E-state index is 0.410. The number of hydrogen-bond donors (Lipinski definition) is 2. The molecule has 16 heavy (non-hydrogen) atoms. The van der Waals surface area contributed by atoms with Crippen LogP contribution in [0.4, 0.5) is 0 Å². The van der Waals surface area contributed by atoms with Crippen LogP contribution in [0, 0.1) is 5.92 Å². The number of hydrogen-bond acceptors (Lipinski definition) is 5. The standard InChI is InChI=1S/C11H18N2O2S/c14-10(7-15-6-9-1-2-9)3-12-4-11-5-13-8-16-11/h5,8-10,12,14H,1-4,6-7H2. The summed E-state index contributed by atoms with van der Waals surface area (Å²) in [6, 6.07) is 0. The number of nitrogens with zero attached hydrogens (tertiary/aromatic N) is 1. The Morgan fingerprint density at radius 3 is 3.19 bits per heavy atom. The molecule has 1 aromatic rings. The Balaban J connectivity index is 1.48. The van der Waals surface area contributed by atoms with E-state index in [0.29, 0.717) is 13.2 Å². The van der Waals surface area contributed by atoms with Crippen LogP contribution in [-0.2, 0) is 11.3 Å². The van der Waals surface area contributed by atoms with E-state index in [1.165, 1.54) is 17.7 Å². The first-order valence-corrected chi connectivity index (χ1v) is 6.56. The van der Waals surface area contributed by atoms with E-state index in [2.05, 4.69) is 10.3 Å². The second-order valence-corrected chi connectivity index (χ2v) is 5.20. The highest BCUT2D eigenvalue weighted by molar-refractivity contribution is 7.09. The van der Waals surface area contributed by atoms with Gasteiger partial charge in [-0.15, -0.1) is 11.3 Å². The summed E-state index contributed by atoms with van der Waals surface area (Å²) in [6.45, 7) is 2.59. The van der Waals surface area contributed by atoms with Gasteiger partial charge < -0.3 is 15.2 Å². The van der Waals surface area contributed by atoms with Crippen LogP contribution in [0.5, 0.6) is 0 Å². The predicted octanol–water partition coefficient (Wildman–Crippen LogP) is 1.02. The molecule has 2 rings (SSSR count). The topological polar surface area (TPSA) is 54.4 Å². The van der Waals surface area contributed by atoms with E-state index < -0.39 is 6.10 Å². The van der Waals surface area contributed by atoms with Crippen LogP contribution in [0.15, 0.2) is 11.7 Å². The largest absolute Gasteiger partial charge is 0.389 e. The predicted molar refractivity (Wildman–Crippen MR) is 63.4 cm³/mol. The van der Waals surface area contributed by atoms with Crippen molar-refractivity contribution < 1.29 is 9.84 Å². The number of ether oxygens (including phenoxy) is 1. The lowest BCUT2D eigenvalue weighted by molar-refractivity contribution is 0.0324.